The van der Waals surface area contributed by atoms with Crippen molar-refractivity contribution in [1.29, 1.82) is 0 Å². The average molecular weight is 307 g/mol. The van der Waals surface area contributed by atoms with Gasteiger partial charge in [0.15, 0.2) is 5.69 Å². The van der Waals surface area contributed by atoms with Crippen LogP contribution >= 0.6 is 11.3 Å². The Labute approximate surface area is 116 Å². The number of hydrogen-bond acceptors (Lipinski definition) is 5. The van der Waals surface area contributed by atoms with Gasteiger partial charge in [0.25, 0.3) is 10.2 Å². The fourth-order valence-electron chi connectivity index (χ4n) is 1.14. The lowest BCUT2D eigenvalue weighted by Crippen LogP contribution is -2.39. The van der Waals surface area contributed by atoms with Crippen molar-refractivity contribution in [1.82, 2.24) is 14.4 Å². The molecule has 0 spiro atoms. The normalized spacial score (nSPS) is 11.9. The Morgan fingerprint density at radius 1 is 1.47 bits per heavy atom. The number of carboxylic acids is 1. The lowest BCUT2D eigenvalue weighted by Gasteiger charge is -2.09. The fourth-order valence-corrected chi connectivity index (χ4v) is 2.94. The maximum Gasteiger partial charge on any atom is 0.355 e. The highest BCUT2D eigenvalue weighted by atomic mass is 32.2. The lowest BCUT2D eigenvalue weighted by atomic mass is 10.2. The van der Waals surface area contributed by atoms with Gasteiger partial charge in [-0.05, 0) is 5.92 Å². The predicted octanol–water partition coefficient (Wildman–Crippen LogP) is 0.464. The van der Waals surface area contributed by atoms with E-state index in [0.717, 1.165) is 0 Å². The highest BCUT2D eigenvalue weighted by Gasteiger charge is 2.11. The molecule has 0 radical (unpaired) electrons. The number of aromatic nitrogens is 1. The molecule has 108 valence electrons. The van der Waals surface area contributed by atoms with Crippen LogP contribution in [-0.4, -0.2) is 37.6 Å². The molecule has 0 amide bonds. The number of aromatic carboxylic acids is 1. The molecular formula is C10H17N3O4S2. The van der Waals surface area contributed by atoms with Crippen LogP contribution in [-0.2, 0) is 16.6 Å². The Kier molecular flexibility index (Phi) is 5.85. The second kappa shape index (κ2) is 6.94. The van der Waals surface area contributed by atoms with Crippen LogP contribution in [0.3, 0.4) is 0 Å². The number of nitrogens with zero attached hydrogens (tertiary/aromatic N) is 1. The van der Waals surface area contributed by atoms with Gasteiger partial charge in [-0.15, -0.1) is 11.3 Å². The number of hydrogen-bond donors (Lipinski definition) is 3. The zero-order valence-electron chi connectivity index (χ0n) is 10.7. The van der Waals surface area contributed by atoms with Gasteiger partial charge in [-0.25, -0.2) is 19.2 Å². The monoisotopic (exact) mass is 307 g/mol. The van der Waals surface area contributed by atoms with E-state index in [0.29, 0.717) is 18.0 Å². The van der Waals surface area contributed by atoms with Crippen LogP contribution in [0.15, 0.2) is 5.38 Å². The van der Waals surface area contributed by atoms with Gasteiger partial charge in [-0.1, -0.05) is 13.8 Å². The summed E-state index contributed by atoms with van der Waals surface area (Å²) in [6, 6.07) is 0. The molecule has 0 saturated heterocycles. The van der Waals surface area contributed by atoms with Gasteiger partial charge < -0.3 is 5.11 Å². The van der Waals surface area contributed by atoms with Crippen molar-refractivity contribution < 1.29 is 18.3 Å². The van der Waals surface area contributed by atoms with Crippen molar-refractivity contribution in [3.63, 3.8) is 0 Å². The summed E-state index contributed by atoms with van der Waals surface area (Å²) in [5, 5.41) is 10.7. The van der Waals surface area contributed by atoms with E-state index in [1.807, 2.05) is 13.8 Å². The molecule has 0 unspecified atom stereocenters. The standard InChI is InChI=1S/C10H17N3O4S2/c1-7(2)5-12-19(16,17)11-4-3-9-13-8(6-18-9)10(14)15/h6-7,11-12H,3-5H2,1-2H3,(H,14,15). The van der Waals surface area contributed by atoms with Crippen LogP contribution < -0.4 is 9.44 Å². The predicted molar refractivity (Wildman–Crippen MR) is 72.5 cm³/mol. The molecule has 1 heterocycles. The Morgan fingerprint density at radius 3 is 2.68 bits per heavy atom. The van der Waals surface area contributed by atoms with Gasteiger partial charge in [-0.2, -0.15) is 8.42 Å². The maximum atomic E-state index is 11.5. The smallest absolute Gasteiger partial charge is 0.355 e. The van der Waals surface area contributed by atoms with Gasteiger partial charge in [0, 0.05) is 24.9 Å². The lowest BCUT2D eigenvalue weighted by molar-refractivity contribution is 0.0691. The first kappa shape index (κ1) is 16.0. The molecule has 9 heteroatoms. The summed E-state index contributed by atoms with van der Waals surface area (Å²) in [4.78, 5) is 14.5. The Balaban J connectivity index is 2.38. The number of thiazole rings is 1. The molecule has 0 fully saturated rings. The topological polar surface area (TPSA) is 108 Å². The molecule has 0 aliphatic rings. The Morgan fingerprint density at radius 2 is 2.16 bits per heavy atom. The average Bonchev–Trinajstić information content (AvgIpc) is 2.75. The quantitative estimate of drug-likeness (QED) is 0.646. The first-order valence-electron chi connectivity index (χ1n) is 5.72. The number of nitrogens with one attached hydrogen (secondary N) is 2. The molecule has 1 aromatic rings. The minimum atomic E-state index is -3.50. The first-order chi connectivity index (χ1) is 8.80. The summed E-state index contributed by atoms with van der Waals surface area (Å²) in [6.45, 7) is 4.37. The van der Waals surface area contributed by atoms with Crippen molar-refractivity contribution in [3.8, 4) is 0 Å². The highest BCUT2D eigenvalue weighted by molar-refractivity contribution is 7.87. The van der Waals surface area contributed by atoms with Gasteiger partial charge >= 0.3 is 5.97 Å². The molecular weight excluding hydrogens is 290 g/mol. The van der Waals surface area contributed by atoms with Crippen LogP contribution in [0.1, 0.15) is 29.3 Å². The van der Waals surface area contributed by atoms with E-state index >= 15 is 0 Å². The second-order valence-corrected chi connectivity index (χ2v) is 6.85. The first-order valence-corrected chi connectivity index (χ1v) is 8.08. The minimum Gasteiger partial charge on any atom is -0.476 e. The third-order valence-corrected chi connectivity index (χ3v) is 4.12. The number of rotatable bonds is 8. The van der Waals surface area contributed by atoms with Crippen LogP contribution in [0.2, 0.25) is 0 Å². The molecule has 3 N–H and O–H groups in total. The van der Waals surface area contributed by atoms with E-state index in [2.05, 4.69) is 14.4 Å². The van der Waals surface area contributed by atoms with E-state index in [1.165, 1.54) is 16.7 Å². The third-order valence-electron chi connectivity index (χ3n) is 2.08. The molecule has 0 bridgehead atoms. The van der Waals surface area contributed by atoms with E-state index in [4.69, 9.17) is 5.11 Å². The Hall–Kier alpha value is -1.03. The van der Waals surface area contributed by atoms with Crippen LogP contribution in [0.4, 0.5) is 0 Å². The van der Waals surface area contributed by atoms with E-state index < -0.39 is 16.2 Å². The largest absolute Gasteiger partial charge is 0.476 e. The van der Waals surface area contributed by atoms with Crippen molar-refractivity contribution in [2.75, 3.05) is 13.1 Å². The molecule has 19 heavy (non-hydrogen) atoms. The van der Waals surface area contributed by atoms with Crippen molar-refractivity contribution in [2.24, 2.45) is 5.92 Å². The maximum absolute atomic E-state index is 11.5. The van der Waals surface area contributed by atoms with Crippen LogP contribution in [0.5, 0.6) is 0 Å². The molecule has 0 aliphatic heterocycles. The summed E-state index contributed by atoms with van der Waals surface area (Å²) < 4.78 is 27.8. The molecule has 1 aromatic heterocycles. The molecule has 0 aliphatic carbocycles. The summed E-state index contributed by atoms with van der Waals surface area (Å²) in [6.07, 6.45) is 0.362. The summed E-state index contributed by atoms with van der Waals surface area (Å²) in [5.41, 5.74) is -0.0132. The van der Waals surface area contributed by atoms with E-state index in [9.17, 15) is 13.2 Å². The highest BCUT2D eigenvalue weighted by Crippen LogP contribution is 2.09. The van der Waals surface area contributed by atoms with Gasteiger partial charge in [0.1, 0.15) is 0 Å². The minimum absolute atomic E-state index is 0.0132. The van der Waals surface area contributed by atoms with Gasteiger partial charge in [0.05, 0.1) is 5.01 Å². The number of carbonyl (C=O) groups is 1. The Bertz CT molecular complexity index is 525. The van der Waals surface area contributed by atoms with E-state index in [1.54, 1.807) is 0 Å². The summed E-state index contributed by atoms with van der Waals surface area (Å²) >= 11 is 1.20. The second-order valence-electron chi connectivity index (χ2n) is 4.32. The van der Waals surface area contributed by atoms with Crippen molar-refractivity contribution in [3.05, 3.63) is 16.1 Å². The van der Waals surface area contributed by atoms with Crippen molar-refractivity contribution in [2.45, 2.75) is 20.3 Å². The van der Waals surface area contributed by atoms with Gasteiger partial charge in [-0.3, -0.25) is 0 Å². The molecule has 7 nitrogen and oxygen atoms in total. The number of carboxylic acid groups (broad SMARTS) is 1. The van der Waals surface area contributed by atoms with Crippen molar-refractivity contribution >= 4 is 27.5 Å². The molecule has 0 atom stereocenters. The van der Waals surface area contributed by atoms with Crippen LogP contribution in [0, 0.1) is 5.92 Å². The van der Waals surface area contributed by atoms with Gasteiger partial charge in [0.2, 0.25) is 0 Å². The molecule has 0 aromatic carbocycles. The fraction of sp³-hybridized carbons (Fsp3) is 0.600. The third kappa shape index (κ3) is 6.10. The molecule has 0 saturated carbocycles. The summed E-state index contributed by atoms with van der Waals surface area (Å²) in [7, 11) is -3.50. The molecule has 1 rings (SSSR count). The zero-order valence-corrected chi connectivity index (χ0v) is 12.3. The zero-order chi connectivity index (χ0) is 14.5. The summed E-state index contributed by atoms with van der Waals surface area (Å²) in [5.74, 6) is -0.852. The van der Waals surface area contributed by atoms with E-state index in [-0.39, 0.29) is 18.2 Å². The SMILES string of the molecule is CC(C)CNS(=O)(=O)NCCc1nc(C(=O)O)cs1. The van der Waals surface area contributed by atoms with Crippen LogP contribution in [0.25, 0.3) is 0 Å².